The second-order valence-electron chi connectivity index (χ2n) is 6.70. The maximum absolute atomic E-state index is 3.77. The van der Waals surface area contributed by atoms with Crippen molar-refractivity contribution in [3.8, 4) is 0 Å². The van der Waals surface area contributed by atoms with Gasteiger partial charge >= 0.3 is 0 Å². The smallest absolute Gasteiger partial charge is 0.0348 e. The number of rotatable bonds is 7. The van der Waals surface area contributed by atoms with Crippen molar-refractivity contribution in [2.75, 3.05) is 6.54 Å². The predicted molar refractivity (Wildman–Crippen MR) is 92.6 cm³/mol. The Labute approximate surface area is 131 Å². The summed E-state index contributed by atoms with van der Waals surface area (Å²) in [4.78, 5) is 0. The monoisotopic (exact) mass is 287 g/mol. The van der Waals surface area contributed by atoms with E-state index in [0.29, 0.717) is 6.04 Å². The average molecular weight is 287 g/mol. The summed E-state index contributed by atoms with van der Waals surface area (Å²) in [5, 5.41) is 3.77. The van der Waals surface area contributed by atoms with Gasteiger partial charge in [-0.05, 0) is 48.8 Å². The Hall–Kier alpha value is -0.820. The lowest BCUT2D eigenvalue weighted by Crippen LogP contribution is -2.31. The van der Waals surface area contributed by atoms with Gasteiger partial charge in [0.2, 0.25) is 0 Å². The first-order valence-corrected chi connectivity index (χ1v) is 9.10. The molecule has 21 heavy (non-hydrogen) atoms. The number of aryl methyl sites for hydroxylation is 1. The lowest BCUT2D eigenvalue weighted by atomic mass is 9.75. The van der Waals surface area contributed by atoms with Gasteiger partial charge in [0, 0.05) is 6.04 Å². The van der Waals surface area contributed by atoms with E-state index in [1.807, 2.05) is 0 Å². The Morgan fingerprint density at radius 1 is 1.10 bits per heavy atom. The Kier molecular flexibility index (Phi) is 6.76. The van der Waals surface area contributed by atoms with Gasteiger partial charge in [-0.2, -0.15) is 0 Å². The van der Waals surface area contributed by atoms with Crippen LogP contribution in [0.5, 0.6) is 0 Å². The molecule has 0 aliphatic heterocycles. The summed E-state index contributed by atoms with van der Waals surface area (Å²) >= 11 is 0. The van der Waals surface area contributed by atoms with E-state index >= 15 is 0 Å². The Morgan fingerprint density at radius 2 is 1.86 bits per heavy atom. The molecule has 1 nitrogen and oxygen atoms in total. The highest BCUT2D eigenvalue weighted by Gasteiger charge is 2.27. The fourth-order valence-corrected chi connectivity index (χ4v) is 4.00. The quantitative estimate of drug-likeness (QED) is 0.697. The van der Waals surface area contributed by atoms with Crippen LogP contribution >= 0.6 is 0 Å². The van der Waals surface area contributed by atoms with Gasteiger partial charge in [0.15, 0.2) is 0 Å². The van der Waals surface area contributed by atoms with Crippen LogP contribution in [0.3, 0.4) is 0 Å². The number of hydrogen-bond donors (Lipinski definition) is 1. The van der Waals surface area contributed by atoms with Crippen LogP contribution < -0.4 is 5.32 Å². The summed E-state index contributed by atoms with van der Waals surface area (Å²) in [6, 6.07) is 9.80. The molecule has 0 saturated heterocycles. The fraction of sp³-hybridized carbons (Fsp3) is 0.700. The lowest BCUT2D eigenvalue weighted by Gasteiger charge is -2.35. The summed E-state index contributed by atoms with van der Waals surface area (Å²) < 4.78 is 0. The van der Waals surface area contributed by atoms with Gasteiger partial charge in [-0.1, -0.05) is 70.7 Å². The Morgan fingerprint density at radius 3 is 2.48 bits per heavy atom. The van der Waals surface area contributed by atoms with Crippen LogP contribution in [0.1, 0.15) is 76.5 Å². The molecule has 1 aromatic carbocycles. The van der Waals surface area contributed by atoms with Crippen molar-refractivity contribution in [1.82, 2.24) is 5.32 Å². The van der Waals surface area contributed by atoms with Crippen LogP contribution in [0.2, 0.25) is 0 Å². The molecule has 0 radical (unpaired) electrons. The van der Waals surface area contributed by atoms with Crippen LogP contribution in [-0.4, -0.2) is 6.54 Å². The maximum Gasteiger partial charge on any atom is 0.0348 e. The standard InChI is InChI=1S/C20H33N/c1-4-8-17-11-13-18(14-12-17)20(21-6-3)19-10-7-9-16(5-2)15-19/h7,9-10,15,17-18,20-21H,4-6,8,11-14H2,1-3H3. The predicted octanol–water partition coefficient (Wildman–Crippen LogP) is 5.51. The van der Waals surface area contributed by atoms with Crippen molar-refractivity contribution in [2.24, 2.45) is 11.8 Å². The van der Waals surface area contributed by atoms with Crippen molar-refractivity contribution in [3.05, 3.63) is 35.4 Å². The Balaban J connectivity index is 2.05. The number of hydrogen-bond acceptors (Lipinski definition) is 1. The van der Waals surface area contributed by atoms with E-state index in [4.69, 9.17) is 0 Å². The summed E-state index contributed by atoms with van der Waals surface area (Å²) in [7, 11) is 0. The van der Waals surface area contributed by atoms with Crippen molar-refractivity contribution < 1.29 is 0 Å². The topological polar surface area (TPSA) is 12.0 Å². The molecule has 1 unspecified atom stereocenters. The van der Waals surface area contributed by atoms with Gasteiger partial charge in [-0.15, -0.1) is 0 Å². The summed E-state index contributed by atoms with van der Waals surface area (Å²) in [5.74, 6) is 1.82. The van der Waals surface area contributed by atoms with E-state index in [1.54, 1.807) is 0 Å². The van der Waals surface area contributed by atoms with Gasteiger partial charge < -0.3 is 5.32 Å². The van der Waals surface area contributed by atoms with E-state index in [9.17, 15) is 0 Å². The number of benzene rings is 1. The minimum Gasteiger partial charge on any atom is -0.310 e. The van der Waals surface area contributed by atoms with E-state index in [0.717, 1.165) is 24.8 Å². The fourth-order valence-electron chi connectivity index (χ4n) is 4.00. The molecular weight excluding hydrogens is 254 g/mol. The van der Waals surface area contributed by atoms with Crippen LogP contribution in [0.25, 0.3) is 0 Å². The molecule has 0 amide bonds. The molecule has 1 fully saturated rings. The summed E-state index contributed by atoms with van der Waals surface area (Å²) in [6.07, 6.45) is 9.60. The zero-order valence-electron chi connectivity index (χ0n) is 14.2. The van der Waals surface area contributed by atoms with Crippen LogP contribution in [0.4, 0.5) is 0 Å². The maximum atomic E-state index is 3.77. The van der Waals surface area contributed by atoms with Crippen molar-refractivity contribution in [3.63, 3.8) is 0 Å². The first-order chi connectivity index (χ1) is 10.3. The molecule has 118 valence electrons. The Bertz CT molecular complexity index is 404. The zero-order valence-corrected chi connectivity index (χ0v) is 14.2. The van der Waals surface area contributed by atoms with Crippen LogP contribution in [0.15, 0.2) is 24.3 Å². The largest absolute Gasteiger partial charge is 0.310 e. The molecule has 0 heterocycles. The summed E-state index contributed by atoms with van der Waals surface area (Å²) in [5.41, 5.74) is 2.98. The third kappa shape index (κ3) is 4.57. The molecule has 1 heteroatoms. The number of nitrogens with one attached hydrogen (secondary N) is 1. The van der Waals surface area contributed by atoms with E-state index in [2.05, 4.69) is 50.4 Å². The van der Waals surface area contributed by atoms with Gasteiger partial charge in [0.05, 0.1) is 0 Å². The second kappa shape index (κ2) is 8.58. The summed E-state index contributed by atoms with van der Waals surface area (Å²) in [6.45, 7) is 7.87. The van der Waals surface area contributed by atoms with Crippen molar-refractivity contribution in [2.45, 2.75) is 71.8 Å². The zero-order chi connectivity index (χ0) is 15.1. The minimum absolute atomic E-state index is 0.559. The highest BCUT2D eigenvalue weighted by atomic mass is 14.9. The van der Waals surface area contributed by atoms with E-state index in [-0.39, 0.29) is 0 Å². The molecule has 1 aliphatic rings. The van der Waals surface area contributed by atoms with Crippen LogP contribution in [0, 0.1) is 11.8 Å². The van der Waals surface area contributed by atoms with Crippen LogP contribution in [-0.2, 0) is 6.42 Å². The molecule has 2 rings (SSSR count). The average Bonchev–Trinajstić information content (AvgIpc) is 2.54. The normalized spacial score (nSPS) is 24.0. The van der Waals surface area contributed by atoms with Gasteiger partial charge in [-0.3, -0.25) is 0 Å². The van der Waals surface area contributed by atoms with Crippen molar-refractivity contribution in [1.29, 1.82) is 0 Å². The second-order valence-corrected chi connectivity index (χ2v) is 6.70. The van der Waals surface area contributed by atoms with Gasteiger partial charge in [0.1, 0.15) is 0 Å². The van der Waals surface area contributed by atoms with E-state index < -0.39 is 0 Å². The third-order valence-corrected chi connectivity index (χ3v) is 5.20. The van der Waals surface area contributed by atoms with Gasteiger partial charge in [0.25, 0.3) is 0 Å². The molecule has 0 aromatic heterocycles. The molecule has 1 aromatic rings. The first-order valence-electron chi connectivity index (χ1n) is 9.10. The molecule has 1 saturated carbocycles. The van der Waals surface area contributed by atoms with E-state index in [1.165, 1.54) is 49.7 Å². The first kappa shape index (κ1) is 16.5. The minimum atomic E-state index is 0.559. The highest BCUT2D eigenvalue weighted by molar-refractivity contribution is 5.26. The molecular formula is C20H33N. The third-order valence-electron chi connectivity index (χ3n) is 5.20. The molecule has 0 bridgehead atoms. The van der Waals surface area contributed by atoms with Crippen molar-refractivity contribution >= 4 is 0 Å². The SMILES string of the molecule is CCCC1CCC(C(NCC)c2cccc(CC)c2)CC1. The molecule has 1 N–H and O–H groups in total. The van der Waals surface area contributed by atoms with Gasteiger partial charge in [-0.25, -0.2) is 0 Å². The molecule has 1 atom stereocenters. The molecule has 1 aliphatic carbocycles. The lowest BCUT2D eigenvalue weighted by molar-refractivity contribution is 0.215. The highest BCUT2D eigenvalue weighted by Crippen LogP contribution is 2.38. The molecule has 0 spiro atoms.